The number of hydrogen-bond donors (Lipinski definition) is 1. The summed E-state index contributed by atoms with van der Waals surface area (Å²) >= 11 is 8.19. The van der Waals surface area contributed by atoms with Gasteiger partial charge in [-0.2, -0.15) is 0 Å². The van der Waals surface area contributed by atoms with Gasteiger partial charge in [0.25, 0.3) is 0 Å². The van der Waals surface area contributed by atoms with E-state index >= 15 is 0 Å². The van der Waals surface area contributed by atoms with Gasteiger partial charge in [-0.05, 0) is 25.2 Å². The van der Waals surface area contributed by atoms with E-state index in [0.29, 0.717) is 0 Å². The predicted molar refractivity (Wildman–Crippen MR) is 118 cm³/mol. The van der Waals surface area contributed by atoms with Crippen LogP contribution in [0.25, 0.3) is 0 Å². The fourth-order valence-corrected chi connectivity index (χ4v) is 12.3. The van der Waals surface area contributed by atoms with Crippen LogP contribution in [-0.4, -0.2) is 17.2 Å². The van der Waals surface area contributed by atoms with Crippen LogP contribution in [0.1, 0.15) is 46.0 Å². The molecule has 0 unspecified atom stereocenters. The van der Waals surface area contributed by atoms with Gasteiger partial charge in [0, 0.05) is 8.15 Å². The Morgan fingerprint density at radius 3 is 1.65 bits per heavy atom. The summed E-state index contributed by atoms with van der Waals surface area (Å²) in [6, 6.07) is 0. The Balaban J connectivity index is 0.000000438. The van der Waals surface area contributed by atoms with E-state index in [4.69, 9.17) is 0 Å². The summed E-state index contributed by atoms with van der Waals surface area (Å²) in [5.74, 6) is 0. The molecular weight excluding hydrogens is 615 g/mol. The summed E-state index contributed by atoms with van der Waals surface area (Å²) in [4.78, 5) is 9.38. The van der Waals surface area contributed by atoms with Crippen molar-refractivity contribution < 1.29 is 11.4 Å². The van der Waals surface area contributed by atoms with E-state index < -0.39 is 14.6 Å². The Bertz CT molecular complexity index is 476. The average molecular weight is 655 g/mol. The molecule has 0 spiro atoms. The molecule has 0 saturated heterocycles. The van der Waals surface area contributed by atoms with E-state index in [1.165, 1.54) is 29.8 Å². The van der Waals surface area contributed by atoms with Crippen molar-refractivity contribution in [1.29, 1.82) is 0 Å². The number of hydrogen-bond acceptors (Lipinski definition) is 1. The molecule has 0 aromatic carbocycles. The summed E-state index contributed by atoms with van der Waals surface area (Å²) < 4.78 is 1.48. The zero-order chi connectivity index (χ0) is 18.6. The Morgan fingerprint density at radius 2 is 1.43 bits per heavy atom. The Labute approximate surface area is 153 Å². The topological polar surface area (TPSA) is 20.2 Å². The molecule has 0 radical (unpaired) electrons. The van der Waals surface area contributed by atoms with Crippen molar-refractivity contribution in [3.8, 4) is 0 Å². The second-order valence-electron chi connectivity index (χ2n) is 9.48. The molecule has 0 atom stereocenters. The molecule has 23 heavy (non-hydrogen) atoms. The molecule has 0 bridgehead atoms. The fraction of sp³-hybridized carbons (Fsp3) is 0.778. The molecule has 0 saturated carbocycles. The van der Waals surface area contributed by atoms with Crippen LogP contribution in [0.2, 0.25) is 27.2 Å². The molecular formula is C18H39Br2IrOP. The summed E-state index contributed by atoms with van der Waals surface area (Å²) in [5, 5.41) is 0. The van der Waals surface area contributed by atoms with Crippen molar-refractivity contribution in [3.05, 3.63) is 22.3 Å². The molecule has 0 fully saturated rings. The fourth-order valence-electron chi connectivity index (χ4n) is 1.92. The number of rotatable bonds is 7. The Morgan fingerprint density at radius 1 is 1.00 bits per heavy atom. The summed E-state index contributed by atoms with van der Waals surface area (Å²) in [7, 11) is -0.592. The zero-order valence-corrected chi connectivity index (χ0v) is 22.6. The molecule has 1 nitrogen and oxygen atoms in total. The second kappa shape index (κ2) is 5.74. The number of allylic oxidation sites excluding steroid dienone is 4. The third kappa shape index (κ3) is 11.7. The summed E-state index contributed by atoms with van der Waals surface area (Å²) in [6.07, 6.45) is 14.6. The molecule has 0 aromatic rings. The van der Waals surface area contributed by atoms with Crippen LogP contribution < -0.4 is 0 Å². The molecule has 1 aliphatic rings. The molecule has 0 aromatic heterocycles. The minimum absolute atomic E-state index is 0.592. The Kier molecular flexibility index (Phi) is 6.11. The van der Waals surface area contributed by atoms with E-state index in [0.717, 1.165) is 18.7 Å². The quantitative estimate of drug-likeness (QED) is 0.272. The maximum absolute atomic E-state index is 9.38. The van der Waals surface area contributed by atoms with Crippen LogP contribution in [0.3, 0.4) is 0 Å². The summed E-state index contributed by atoms with van der Waals surface area (Å²) in [6.45, 7) is 0.246. The van der Waals surface area contributed by atoms with Gasteiger partial charge in [-0.1, -0.05) is 26.7 Å². The van der Waals surface area contributed by atoms with Gasteiger partial charge in [-0.15, -0.1) is 0 Å². The van der Waals surface area contributed by atoms with E-state index in [2.05, 4.69) is 86.3 Å². The molecule has 0 heterocycles. The van der Waals surface area contributed by atoms with Crippen LogP contribution in [0.5, 0.6) is 0 Å². The van der Waals surface area contributed by atoms with Gasteiger partial charge in [-0.3, -0.25) is 0 Å². The van der Waals surface area contributed by atoms with Gasteiger partial charge in [0.2, 0.25) is 0 Å². The summed E-state index contributed by atoms with van der Waals surface area (Å²) in [5.41, 5.74) is 11.7. The van der Waals surface area contributed by atoms with Crippen molar-refractivity contribution in [2.24, 2.45) is 0 Å². The van der Waals surface area contributed by atoms with E-state index in [1.807, 2.05) is 0 Å². The molecule has 1 aliphatic carbocycles. The van der Waals surface area contributed by atoms with Crippen molar-refractivity contribution in [3.63, 3.8) is 0 Å². The van der Waals surface area contributed by atoms with E-state index in [9.17, 15) is 4.89 Å². The predicted octanol–water partition coefficient (Wildman–Crippen LogP) is 8.96. The Hall–Kier alpha value is 1.48. The van der Waals surface area contributed by atoms with Crippen LogP contribution in [-0.2, 0) is 6.46 Å². The van der Waals surface area contributed by atoms with Crippen LogP contribution in [0, 0.1) is 0 Å². The molecule has 5 heteroatoms. The van der Waals surface area contributed by atoms with Crippen molar-refractivity contribution in [2.45, 2.75) is 73.1 Å². The molecule has 0 aliphatic heterocycles. The third-order valence-corrected chi connectivity index (χ3v) is 20.4. The zero-order valence-electron chi connectivity index (χ0n) is 16.2. The molecule has 145 valence electrons. The van der Waals surface area contributed by atoms with E-state index in [-0.39, 0.29) is 0 Å². The second-order valence-corrected chi connectivity index (χ2v) is 111. The van der Waals surface area contributed by atoms with Crippen LogP contribution in [0.4, 0.5) is 0 Å². The minimum atomic E-state index is -4.09. The van der Waals surface area contributed by atoms with Gasteiger partial charge in [0.1, 0.15) is 0 Å². The van der Waals surface area contributed by atoms with Crippen LogP contribution >= 0.6 is 35.1 Å². The average Bonchev–Trinajstić information content (AvgIpc) is 2.86. The maximum atomic E-state index is 9.38. The van der Waals surface area contributed by atoms with E-state index in [1.54, 1.807) is 0 Å². The molecule has 1 N–H and O–H groups in total. The van der Waals surface area contributed by atoms with Gasteiger partial charge in [-0.25, -0.2) is 0 Å². The van der Waals surface area contributed by atoms with Crippen molar-refractivity contribution in [1.82, 2.24) is 0 Å². The standard InChI is InChI=1S/C8H19OP.C5H5.5CH3.2BrH.Ir/c1-3-5-7-10(9)8-6-4-2;1-2-4-5-3-1;;;;;;;;/h9H,3-8H2,1-2H3;1-3H,4H2;5*1H3;2*1H;/q;;;;;;;;;+2/p-2. The van der Waals surface area contributed by atoms with Gasteiger partial charge < -0.3 is 4.89 Å². The normalized spacial score (nSPS) is 21.4. The first-order chi connectivity index (χ1) is 9.80. The SMILES string of the molecule is CCCCP(O)CCCC.[CH3][Ir]([CH3])([CH3])([CH3])([CH3])([Br])([Br])[C]1=CC=CC1. The molecule has 0 amide bonds. The molecule has 1 rings (SSSR count). The van der Waals surface area contributed by atoms with Crippen LogP contribution in [0.15, 0.2) is 22.3 Å². The van der Waals surface area contributed by atoms with Gasteiger partial charge in [0.15, 0.2) is 0 Å². The first kappa shape index (κ1) is 24.5. The van der Waals surface area contributed by atoms with Crippen molar-refractivity contribution in [2.75, 3.05) is 12.3 Å². The van der Waals surface area contributed by atoms with Crippen molar-refractivity contribution >= 4 is 35.1 Å². The first-order valence-electron chi connectivity index (χ1n) is 8.05. The number of unbranched alkanes of at least 4 members (excludes halogenated alkanes) is 2. The first-order valence-corrected chi connectivity index (χ1v) is 33.4. The monoisotopic (exact) mass is 653 g/mol. The van der Waals surface area contributed by atoms with Gasteiger partial charge in [0.05, 0.1) is 0 Å². The van der Waals surface area contributed by atoms with Gasteiger partial charge >= 0.3 is 89.4 Å². The number of halogens is 2. The third-order valence-electron chi connectivity index (χ3n) is 3.48.